The highest BCUT2D eigenvalue weighted by atomic mass is 16.3. The zero-order valence-electron chi connectivity index (χ0n) is 12.9. The topological polar surface area (TPSA) is 52.6 Å². The molecule has 1 aromatic carbocycles. The van der Waals surface area contributed by atoms with Crippen LogP contribution in [0.15, 0.2) is 24.3 Å². The minimum atomic E-state index is -0.414. The number of hydrogen-bond acceptors (Lipinski definition) is 3. The molecule has 0 radical (unpaired) electrons. The molecule has 0 aliphatic rings. The standard InChI is InChI=1S/C16H26N2O2/c1-5-15(19)13-7-9-14(10-8-13)18(6-2)11-16(20)17-12(3)4/h7-10,12,15,19H,5-6,11H2,1-4H3,(H,17,20). The Morgan fingerprint density at radius 2 is 1.85 bits per heavy atom. The molecule has 0 aromatic heterocycles. The molecule has 112 valence electrons. The summed E-state index contributed by atoms with van der Waals surface area (Å²) in [4.78, 5) is 13.8. The van der Waals surface area contributed by atoms with Crippen molar-refractivity contribution in [3.8, 4) is 0 Å². The van der Waals surface area contributed by atoms with E-state index >= 15 is 0 Å². The predicted molar refractivity (Wildman–Crippen MR) is 82.9 cm³/mol. The number of aliphatic hydroxyl groups is 1. The van der Waals surface area contributed by atoms with Gasteiger partial charge in [-0.3, -0.25) is 4.79 Å². The molecule has 0 saturated heterocycles. The van der Waals surface area contributed by atoms with E-state index in [2.05, 4.69) is 5.32 Å². The second kappa shape index (κ2) is 7.90. The van der Waals surface area contributed by atoms with Crippen LogP contribution in [-0.4, -0.2) is 30.1 Å². The van der Waals surface area contributed by atoms with Crippen molar-refractivity contribution in [1.29, 1.82) is 0 Å². The van der Waals surface area contributed by atoms with Gasteiger partial charge in [0.2, 0.25) is 5.91 Å². The maximum atomic E-state index is 11.8. The van der Waals surface area contributed by atoms with Gasteiger partial charge in [-0.1, -0.05) is 19.1 Å². The molecule has 0 fully saturated rings. The quantitative estimate of drug-likeness (QED) is 0.805. The zero-order chi connectivity index (χ0) is 15.1. The largest absolute Gasteiger partial charge is 0.388 e. The molecular weight excluding hydrogens is 252 g/mol. The van der Waals surface area contributed by atoms with Gasteiger partial charge >= 0.3 is 0 Å². The molecule has 4 nitrogen and oxygen atoms in total. The molecule has 1 rings (SSSR count). The van der Waals surface area contributed by atoms with Crippen LogP contribution in [-0.2, 0) is 4.79 Å². The van der Waals surface area contributed by atoms with Gasteiger partial charge in [0.05, 0.1) is 12.6 Å². The predicted octanol–water partition coefficient (Wildman–Crippen LogP) is 2.48. The molecule has 0 bridgehead atoms. The summed E-state index contributed by atoms with van der Waals surface area (Å²) in [6, 6.07) is 7.92. The minimum Gasteiger partial charge on any atom is -0.388 e. The second-order valence-electron chi connectivity index (χ2n) is 5.25. The molecule has 0 heterocycles. The van der Waals surface area contributed by atoms with Crippen molar-refractivity contribution in [3.63, 3.8) is 0 Å². The van der Waals surface area contributed by atoms with Crippen LogP contribution < -0.4 is 10.2 Å². The first-order chi connectivity index (χ1) is 9.47. The summed E-state index contributed by atoms with van der Waals surface area (Å²) in [5, 5.41) is 12.7. The second-order valence-corrected chi connectivity index (χ2v) is 5.25. The smallest absolute Gasteiger partial charge is 0.239 e. The fraction of sp³-hybridized carbons (Fsp3) is 0.562. The lowest BCUT2D eigenvalue weighted by Crippen LogP contribution is -2.40. The number of nitrogens with one attached hydrogen (secondary N) is 1. The van der Waals surface area contributed by atoms with Gasteiger partial charge in [0.15, 0.2) is 0 Å². The number of hydrogen-bond donors (Lipinski definition) is 2. The Morgan fingerprint density at radius 1 is 1.25 bits per heavy atom. The highest BCUT2D eigenvalue weighted by Crippen LogP contribution is 2.20. The van der Waals surface area contributed by atoms with Gasteiger partial charge in [0, 0.05) is 18.3 Å². The van der Waals surface area contributed by atoms with E-state index in [1.54, 1.807) is 0 Å². The third-order valence-electron chi connectivity index (χ3n) is 3.20. The van der Waals surface area contributed by atoms with E-state index in [9.17, 15) is 9.90 Å². The van der Waals surface area contributed by atoms with Crippen molar-refractivity contribution in [2.75, 3.05) is 18.0 Å². The van der Waals surface area contributed by atoms with Gasteiger partial charge in [0.25, 0.3) is 0 Å². The lowest BCUT2D eigenvalue weighted by molar-refractivity contribution is -0.120. The Morgan fingerprint density at radius 3 is 2.30 bits per heavy atom. The number of nitrogens with zero attached hydrogens (tertiary/aromatic N) is 1. The van der Waals surface area contributed by atoms with Crippen LogP contribution in [0.25, 0.3) is 0 Å². The van der Waals surface area contributed by atoms with Crippen LogP contribution in [0.5, 0.6) is 0 Å². The van der Waals surface area contributed by atoms with Crippen LogP contribution in [0.1, 0.15) is 45.8 Å². The first-order valence-electron chi connectivity index (χ1n) is 7.30. The van der Waals surface area contributed by atoms with Crippen molar-refractivity contribution < 1.29 is 9.90 Å². The fourth-order valence-corrected chi connectivity index (χ4v) is 2.07. The minimum absolute atomic E-state index is 0.0273. The van der Waals surface area contributed by atoms with Crippen molar-refractivity contribution in [2.24, 2.45) is 0 Å². The van der Waals surface area contributed by atoms with E-state index in [-0.39, 0.29) is 11.9 Å². The van der Waals surface area contributed by atoms with E-state index in [4.69, 9.17) is 0 Å². The van der Waals surface area contributed by atoms with Gasteiger partial charge in [-0.25, -0.2) is 0 Å². The van der Waals surface area contributed by atoms with Crippen LogP contribution >= 0.6 is 0 Å². The fourth-order valence-electron chi connectivity index (χ4n) is 2.07. The number of carbonyl (C=O) groups is 1. The van der Waals surface area contributed by atoms with Crippen molar-refractivity contribution in [2.45, 2.75) is 46.3 Å². The SMILES string of the molecule is CCC(O)c1ccc(N(CC)CC(=O)NC(C)C)cc1. The number of aliphatic hydroxyl groups excluding tert-OH is 1. The molecule has 0 aliphatic heterocycles. The average molecular weight is 278 g/mol. The van der Waals surface area contributed by atoms with Gasteiger partial charge in [0.1, 0.15) is 0 Å². The van der Waals surface area contributed by atoms with Crippen LogP contribution in [0.3, 0.4) is 0 Å². The Bertz CT molecular complexity index is 415. The van der Waals surface area contributed by atoms with Crippen LogP contribution in [0.2, 0.25) is 0 Å². The molecule has 2 N–H and O–H groups in total. The van der Waals surface area contributed by atoms with Crippen molar-refractivity contribution >= 4 is 11.6 Å². The normalized spacial score (nSPS) is 12.3. The molecule has 0 aliphatic carbocycles. The maximum absolute atomic E-state index is 11.8. The number of likely N-dealkylation sites (N-methyl/N-ethyl adjacent to an activating group) is 1. The summed E-state index contributed by atoms with van der Waals surface area (Å²) >= 11 is 0. The summed E-state index contributed by atoms with van der Waals surface area (Å²) in [6.07, 6.45) is 0.288. The third kappa shape index (κ3) is 4.85. The zero-order valence-corrected chi connectivity index (χ0v) is 12.9. The first-order valence-corrected chi connectivity index (χ1v) is 7.30. The molecule has 1 unspecified atom stereocenters. The van der Waals surface area contributed by atoms with Crippen molar-refractivity contribution in [3.05, 3.63) is 29.8 Å². The summed E-state index contributed by atoms with van der Waals surface area (Å²) in [5.41, 5.74) is 1.91. The summed E-state index contributed by atoms with van der Waals surface area (Å²) in [5.74, 6) is 0.0273. The summed E-state index contributed by atoms with van der Waals surface area (Å²) in [7, 11) is 0. The molecular formula is C16H26N2O2. The van der Waals surface area contributed by atoms with Gasteiger partial charge < -0.3 is 15.3 Å². The number of benzene rings is 1. The molecule has 0 saturated carbocycles. The molecule has 1 amide bonds. The number of anilines is 1. The van der Waals surface area contributed by atoms with Crippen LogP contribution in [0, 0.1) is 0 Å². The van der Waals surface area contributed by atoms with Gasteiger partial charge in [-0.15, -0.1) is 0 Å². The third-order valence-corrected chi connectivity index (χ3v) is 3.20. The van der Waals surface area contributed by atoms with E-state index in [1.165, 1.54) is 0 Å². The molecule has 0 spiro atoms. The number of rotatable bonds is 7. The van der Waals surface area contributed by atoms with E-state index in [0.717, 1.165) is 17.8 Å². The highest BCUT2D eigenvalue weighted by Gasteiger charge is 2.11. The van der Waals surface area contributed by atoms with Gasteiger partial charge in [-0.2, -0.15) is 0 Å². The van der Waals surface area contributed by atoms with Crippen molar-refractivity contribution in [1.82, 2.24) is 5.32 Å². The number of carbonyl (C=O) groups excluding carboxylic acids is 1. The maximum Gasteiger partial charge on any atom is 0.239 e. The average Bonchev–Trinajstić information content (AvgIpc) is 2.43. The summed E-state index contributed by atoms with van der Waals surface area (Å²) in [6.45, 7) is 9.00. The monoisotopic (exact) mass is 278 g/mol. The van der Waals surface area contributed by atoms with Crippen LogP contribution in [0.4, 0.5) is 5.69 Å². The first kappa shape index (κ1) is 16.5. The number of amides is 1. The summed E-state index contributed by atoms with van der Waals surface area (Å²) < 4.78 is 0. The Balaban J connectivity index is 2.72. The molecule has 4 heteroatoms. The Labute approximate surface area is 121 Å². The molecule has 20 heavy (non-hydrogen) atoms. The lowest BCUT2D eigenvalue weighted by atomic mass is 10.1. The van der Waals surface area contributed by atoms with Gasteiger partial charge in [-0.05, 0) is 44.9 Å². The van der Waals surface area contributed by atoms with E-state index < -0.39 is 6.10 Å². The van der Waals surface area contributed by atoms with E-state index in [1.807, 2.05) is 56.9 Å². The Kier molecular flexibility index (Phi) is 6.52. The highest BCUT2D eigenvalue weighted by molar-refractivity contribution is 5.81. The molecule has 1 aromatic rings. The lowest BCUT2D eigenvalue weighted by Gasteiger charge is -2.23. The van der Waals surface area contributed by atoms with E-state index in [0.29, 0.717) is 13.0 Å². The Hall–Kier alpha value is -1.55. The molecule has 1 atom stereocenters.